The first-order chi connectivity index (χ1) is 8.56. The zero-order valence-corrected chi connectivity index (χ0v) is 10.1. The van der Waals surface area contributed by atoms with Crippen molar-refractivity contribution in [2.45, 2.75) is 25.8 Å². The molecule has 1 aliphatic rings. The highest BCUT2D eigenvalue weighted by Crippen LogP contribution is 2.32. The molecule has 1 aliphatic carbocycles. The van der Waals surface area contributed by atoms with Crippen molar-refractivity contribution in [2.24, 2.45) is 5.92 Å². The summed E-state index contributed by atoms with van der Waals surface area (Å²) in [4.78, 5) is 21.7. The number of anilines is 1. The van der Waals surface area contributed by atoms with Crippen LogP contribution >= 0.6 is 0 Å². The van der Waals surface area contributed by atoms with Crippen LogP contribution in [0.5, 0.6) is 0 Å². The van der Waals surface area contributed by atoms with Gasteiger partial charge in [0, 0.05) is 23.9 Å². The maximum atomic E-state index is 11.6. The van der Waals surface area contributed by atoms with Crippen LogP contribution in [0.25, 0.3) is 0 Å². The molecule has 0 heterocycles. The van der Waals surface area contributed by atoms with Crippen molar-refractivity contribution < 1.29 is 9.72 Å². The van der Waals surface area contributed by atoms with E-state index in [9.17, 15) is 14.9 Å². The van der Waals surface area contributed by atoms with Crippen LogP contribution in [-0.4, -0.2) is 17.0 Å². The van der Waals surface area contributed by atoms with Gasteiger partial charge in [-0.15, -0.1) is 0 Å². The summed E-state index contributed by atoms with van der Waals surface area (Å²) in [5, 5.41) is 16.0. The molecule has 1 fully saturated rings. The summed E-state index contributed by atoms with van der Waals surface area (Å²) < 4.78 is 0. The number of nitro groups is 1. The van der Waals surface area contributed by atoms with E-state index in [0.29, 0.717) is 11.6 Å². The maximum absolute atomic E-state index is 11.6. The summed E-state index contributed by atoms with van der Waals surface area (Å²) in [5.74, 6) is 0.570. The van der Waals surface area contributed by atoms with E-state index >= 15 is 0 Å². The second-order valence-corrected chi connectivity index (χ2v) is 4.53. The zero-order valence-electron chi connectivity index (χ0n) is 10.1. The van der Waals surface area contributed by atoms with Gasteiger partial charge in [-0.05, 0) is 31.7 Å². The largest absolute Gasteiger partial charge is 0.335 e. The lowest BCUT2D eigenvalue weighted by atomic mass is 10.2. The quantitative estimate of drug-likeness (QED) is 0.635. The second kappa shape index (κ2) is 5.03. The third kappa shape index (κ3) is 3.19. The molecule has 6 nitrogen and oxygen atoms in total. The standard InChI is InChI=1S/C12H15N3O3/c1-8(9-5-6-9)13-12(16)14-10-3-2-4-11(7-10)15(17)18/h2-4,7-9H,5-6H2,1H3,(H2,13,14,16)/t8-/m0/s1. The predicted molar refractivity (Wildman–Crippen MR) is 67.4 cm³/mol. The molecule has 0 unspecified atom stereocenters. The van der Waals surface area contributed by atoms with E-state index in [1.165, 1.54) is 18.2 Å². The first kappa shape index (κ1) is 12.3. The van der Waals surface area contributed by atoms with Crippen molar-refractivity contribution in [2.75, 3.05) is 5.32 Å². The van der Waals surface area contributed by atoms with Gasteiger partial charge in [0.05, 0.1) is 4.92 Å². The number of carbonyl (C=O) groups is 1. The highest BCUT2D eigenvalue weighted by atomic mass is 16.6. The summed E-state index contributed by atoms with van der Waals surface area (Å²) in [6, 6.07) is 5.70. The minimum absolute atomic E-state index is 0.0389. The molecule has 0 spiro atoms. The SMILES string of the molecule is C[C@H](NC(=O)Nc1cccc([N+](=O)[O-])c1)C1CC1. The third-order valence-electron chi connectivity index (χ3n) is 3.00. The molecule has 2 rings (SSSR count). The Balaban J connectivity index is 1.93. The van der Waals surface area contributed by atoms with Crippen molar-refractivity contribution >= 4 is 17.4 Å². The first-order valence-corrected chi connectivity index (χ1v) is 5.88. The second-order valence-electron chi connectivity index (χ2n) is 4.53. The van der Waals surface area contributed by atoms with E-state index in [1.807, 2.05) is 6.92 Å². The Morgan fingerprint density at radius 1 is 1.50 bits per heavy atom. The number of rotatable bonds is 4. The van der Waals surface area contributed by atoms with Crippen LogP contribution < -0.4 is 10.6 Å². The summed E-state index contributed by atoms with van der Waals surface area (Å²) in [6.45, 7) is 1.96. The van der Waals surface area contributed by atoms with Gasteiger partial charge in [0.2, 0.25) is 0 Å². The summed E-state index contributed by atoms with van der Waals surface area (Å²) in [5.41, 5.74) is 0.382. The van der Waals surface area contributed by atoms with E-state index in [0.717, 1.165) is 12.8 Å². The molecule has 2 N–H and O–H groups in total. The molecule has 1 aromatic rings. The van der Waals surface area contributed by atoms with Gasteiger partial charge in [0.1, 0.15) is 0 Å². The molecule has 96 valence electrons. The Morgan fingerprint density at radius 3 is 2.83 bits per heavy atom. The van der Waals surface area contributed by atoms with Crippen LogP contribution in [-0.2, 0) is 0 Å². The molecule has 2 amide bonds. The average molecular weight is 249 g/mol. The van der Waals surface area contributed by atoms with Crippen molar-refractivity contribution in [3.63, 3.8) is 0 Å². The molecule has 0 radical (unpaired) electrons. The molecule has 1 saturated carbocycles. The van der Waals surface area contributed by atoms with E-state index < -0.39 is 4.92 Å². The zero-order chi connectivity index (χ0) is 13.1. The number of nitrogens with zero attached hydrogens (tertiary/aromatic N) is 1. The molecule has 1 aromatic carbocycles. The number of carbonyl (C=O) groups excluding carboxylic acids is 1. The monoisotopic (exact) mass is 249 g/mol. The fourth-order valence-corrected chi connectivity index (χ4v) is 1.79. The fraction of sp³-hybridized carbons (Fsp3) is 0.417. The van der Waals surface area contributed by atoms with Crippen molar-refractivity contribution in [1.82, 2.24) is 5.32 Å². The van der Waals surface area contributed by atoms with Gasteiger partial charge in [0.15, 0.2) is 0 Å². The summed E-state index contributed by atoms with van der Waals surface area (Å²) >= 11 is 0. The lowest BCUT2D eigenvalue weighted by Crippen LogP contribution is -2.37. The van der Waals surface area contributed by atoms with Crippen LogP contribution in [0.3, 0.4) is 0 Å². The van der Waals surface area contributed by atoms with Gasteiger partial charge in [0.25, 0.3) is 5.69 Å². The van der Waals surface area contributed by atoms with Gasteiger partial charge in [-0.1, -0.05) is 6.07 Å². The number of nitrogens with one attached hydrogen (secondary N) is 2. The van der Waals surface area contributed by atoms with Crippen LogP contribution in [0.4, 0.5) is 16.2 Å². The van der Waals surface area contributed by atoms with Crippen molar-refractivity contribution in [3.05, 3.63) is 34.4 Å². The van der Waals surface area contributed by atoms with E-state index in [-0.39, 0.29) is 17.8 Å². The molecule has 0 bridgehead atoms. The normalized spacial score (nSPS) is 15.8. The van der Waals surface area contributed by atoms with E-state index in [2.05, 4.69) is 10.6 Å². The number of hydrogen-bond donors (Lipinski definition) is 2. The molecule has 1 atom stereocenters. The highest BCUT2D eigenvalue weighted by molar-refractivity contribution is 5.89. The van der Waals surface area contributed by atoms with Gasteiger partial charge in [-0.2, -0.15) is 0 Å². The van der Waals surface area contributed by atoms with Gasteiger partial charge in [-0.3, -0.25) is 10.1 Å². The fourth-order valence-electron chi connectivity index (χ4n) is 1.79. The minimum Gasteiger partial charge on any atom is -0.335 e. The molecule has 6 heteroatoms. The molecule has 0 aliphatic heterocycles. The maximum Gasteiger partial charge on any atom is 0.319 e. The Labute approximate surface area is 105 Å². The van der Waals surface area contributed by atoms with Crippen LogP contribution in [0.1, 0.15) is 19.8 Å². The number of amides is 2. The summed E-state index contributed by atoms with van der Waals surface area (Å²) in [6.07, 6.45) is 2.30. The van der Waals surface area contributed by atoms with E-state index in [4.69, 9.17) is 0 Å². The first-order valence-electron chi connectivity index (χ1n) is 5.88. The minimum atomic E-state index is -0.490. The van der Waals surface area contributed by atoms with Crippen LogP contribution in [0.15, 0.2) is 24.3 Å². The van der Waals surface area contributed by atoms with Crippen LogP contribution in [0.2, 0.25) is 0 Å². The number of hydrogen-bond acceptors (Lipinski definition) is 3. The Kier molecular flexibility index (Phi) is 3.45. The molecule has 0 aromatic heterocycles. The summed E-state index contributed by atoms with van der Waals surface area (Å²) in [7, 11) is 0. The lowest BCUT2D eigenvalue weighted by Gasteiger charge is -2.13. The van der Waals surface area contributed by atoms with Gasteiger partial charge >= 0.3 is 6.03 Å². The average Bonchev–Trinajstić information content (AvgIpc) is 3.12. The topological polar surface area (TPSA) is 84.3 Å². The molecular weight excluding hydrogens is 234 g/mol. The van der Waals surface area contributed by atoms with Crippen LogP contribution in [0, 0.1) is 16.0 Å². The lowest BCUT2D eigenvalue weighted by molar-refractivity contribution is -0.384. The van der Waals surface area contributed by atoms with Gasteiger partial charge < -0.3 is 10.6 Å². The Hall–Kier alpha value is -2.11. The number of urea groups is 1. The third-order valence-corrected chi connectivity index (χ3v) is 3.00. The Bertz CT molecular complexity index is 471. The number of non-ortho nitro benzene ring substituents is 1. The van der Waals surface area contributed by atoms with Gasteiger partial charge in [-0.25, -0.2) is 4.79 Å². The number of nitro benzene ring substituents is 1. The molecular formula is C12H15N3O3. The molecule has 18 heavy (non-hydrogen) atoms. The van der Waals surface area contributed by atoms with Crippen molar-refractivity contribution in [3.8, 4) is 0 Å². The van der Waals surface area contributed by atoms with E-state index in [1.54, 1.807) is 6.07 Å². The van der Waals surface area contributed by atoms with Crippen molar-refractivity contribution in [1.29, 1.82) is 0 Å². The predicted octanol–water partition coefficient (Wildman–Crippen LogP) is 2.51. The smallest absolute Gasteiger partial charge is 0.319 e. The molecule has 0 saturated heterocycles. The number of benzene rings is 1. The highest BCUT2D eigenvalue weighted by Gasteiger charge is 2.28. The Morgan fingerprint density at radius 2 is 2.22 bits per heavy atom.